The topological polar surface area (TPSA) is 60.3 Å². The van der Waals surface area contributed by atoms with Crippen LogP contribution in [-0.2, 0) is 24.2 Å². The minimum Gasteiger partial charge on any atom is -0.497 e. The number of pyridine rings is 1. The maximum Gasteiger partial charge on any atom is 0.254 e. The summed E-state index contributed by atoms with van der Waals surface area (Å²) in [5.41, 5.74) is 4.15. The second-order valence-electron chi connectivity index (χ2n) is 8.03. The molecule has 33 heavy (non-hydrogen) atoms. The lowest BCUT2D eigenvalue weighted by Gasteiger charge is -2.14. The molecule has 0 saturated carbocycles. The molecule has 1 N–H and O–H groups in total. The van der Waals surface area contributed by atoms with Crippen LogP contribution in [0.4, 0.5) is 5.69 Å². The summed E-state index contributed by atoms with van der Waals surface area (Å²) in [5.74, 6) is 0.334. The number of anilines is 1. The summed E-state index contributed by atoms with van der Waals surface area (Å²) in [6.45, 7) is 1.94. The summed E-state index contributed by atoms with van der Waals surface area (Å²) in [6.07, 6.45) is 1.33. The van der Waals surface area contributed by atoms with Gasteiger partial charge in [0.25, 0.3) is 5.56 Å². The molecule has 0 radical (unpaired) electrons. The Morgan fingerprint density at radius 3 is 2.39 bits per heavy atom. The SMILES string of the molecule is COc1ccc2cc(CCc3ccc(C)cc3)c(=O)n(CC(=O)Nc3ccc(Cl)cc3)c2c1. The van der Waals surface area contributed by atoms with E-state index >= 15 is 0 Å². The highest BCUT2D eigenvalue weighted by molar-refractivity contribution is 6.30. The Morgan fingerprint density at radius 2 is 1.70 bits per heavy atom. The largest absolute Gasteiger partial charge is 0.497 e. The summed E-state index contributed by atoms with van der Waals surface area (Å²) >= 11 is 5.92. The lowest BCUT2D eigenvalue weighted by Crippen LogP contribution is -2.30. The van der Waals surface area contributed by atoms with E-state index in [0.29, 0.717) is 34.0 Å². The van der Waals surface area contributed by atoms with E-state index in [2.05, 4.69) is 36.5 Å². The van der Waals surface area contributed by atoms with Crippen molar-refractivity contribution in [3.63, 3.8) is 0 Å². The van der Waals surface area contributed by atoms with Gasteiger partial charge in [-0.25, -0.2) is 0 Å². The van der Waals surface area contributed by atoms with Crippen LogP contribution in [0.15, 0.2) is 77.6 Å². The lowest BCUT2D eigenvalue weighted by atomic mass is 10.0. The number of ether oxygens (including phenoxy) is 1. The van der Waals surface area contributed by atoms with E-state index in [1.807, 2.05) is 18.2 Å². The minimum atomic E-state index is -0.292. The van der Waals surface area contributed by atoms with Crippen LogP contribution in [0.1, 0.15) is 16.7 Å². The average Bonchev–Trinajstić information content (AvgIpc) is 2.82. The zero-order chi connectivity index (χ0) is 23.4. The second kappa shape index (κ2) is 9.92. The van der Waals surface area contributed by atoms with E-state index in [9.17, 15) is 9.59 Å². The van der Waals surface area contributed by atoms with Crippen molar-refractivity contribution in [3.8, 4) is 5.75 Å². The monoisotopic (exact) mass is 460 g/mol. The molecule has 168 valence electrons. The molecule has 0 aliphatic rings. The Labute approximate surface area is 197 Å². The summed E-state index contributed by atoms with van der Waals surface area (Å²) in [6, 6.07) is 22.6. The highest BCUT2D eigenvalue weighted by atomic mass is 35.5. The molecule has 0 unspecified atom stereocenters. The van der Waals surface area contributed by atoms with E-state index in [1.54, 1.807) is 37.4 Å². The molecule has 4 aromatic rings. The van der Waals surface area contributed by atoms with Gasteiger partial charge in [-0.1, -0.05) is 41.4 Å². The normalized spacial score (nSPS) is 10.9. The fourth-order valence-corrected chi connectivity index (χ4v) is 3.91. The van der Waals surface area contributed by atoms with Crippen LogP contribution in [0.3, 0.4) is 0 Å². The minimum absolute atomic E-state index is 0.108. The maximum atomic E-state index is 13.4. The first-order valence-electron chi connectivity index (χ1n) is 10.7. The van der Waals surface area contributed by atoms with Gasteiger partial charge in [0.15, 0.2) is 0 Å². The number of nitrogens with zero attached hydrogens (tertiary/aromatic N) is 1. The van der Waals surface area contributed by atoms with Crippen molar-refractivity contribution < 1.29 is 9.53 Å². The summed E-state index contributed by atoms with van der Waals surface area (Å²) in [7, 11) is 1.58. The van der Waals surface area contributed by atoms with Crippen LogP contribution in [0, 0.1) is 6.92 Å². The molecular formula is C27H25ClN2O3. The maximum absolute atomic E-state index is 13.4. The zero-order valence-electron chi connectivity index (χ0n) is 18.6. The molecule has 1 aromatic heterocycles. The molecular weight excluding hydrogens is 436 g/mol. The summed E-state index contributed by atoms with van der Waals surface area (Å²) in [4.78, 5) is 26.2. The molecule has 0 atom stereocenters. The molecule has 0 aliphatic heterocycles. The van der Waals surface area contributed by atoms with Crippen molar-refractivity contribution in [2.24, 2.45) is 0 Å². The van der Waals surface area contributed by atoms with Crippen molar-refractivity contribution in [1.82, 2.24) is 4.57 Å². The number of carbonyl (C=O) groups excluding carboxylic acids is 1. The molecule has 0 bridgehead atoms. The third-order valence-corrected chi connectivity index (χ3v) is 5.86. The number of amides is 1. The van der Waals surface area contributed by atoms with Gasteiger partial charge in [0.05, 0.1) is 12.6 Å². The van der Waals surface area contributed by atoms with Crippen LogP contribution in [0.2, 0.25) is 5.02 Å². The molecule has 5 nitrogen and oxygen atoms in total. The quantitative estimate of drug-likeness (QED) is 0.402. The molecule has 6 heteroatoms. The van der Waals surface area contributed by atoms with Crippen LogP contribution in [-0.4, -0.2) is 17.6 Å². The molecule has 1 amide bonds. The van der Waals surface area contributed by atoms with E-state index in [-0.39, 0.29) is 18.0 Å². The van der Waals surface area contributed by atoms with Crippen molar-refractivity contribution in [3.05, 3.63) is 105 Å². The van der Waals surface area contributed by atoms with Crippen LogP contribution < -0.4 is 15.6 Å². The highest BCUT2D eigenvalue weighted by Crippen LogP contribution is 2.22. The van der Waals surface area contributed by atoms with Crippen LogP contribution in [0.5, 0.6) is 5.75 Å². The number of aryl methyl sites for hydroxylation is 3. The van der Waals surface area contributed by atoms with Crippen molar-refractivity contribution in [2.45, 2.75) is 26.3 Å². The Morgan fingerprint density at radius 1 is 0.970 bits per heavy atom. The van der Waals surface area contributed by atoms with Crippen molar-refractivity contribution in [2.75, 3.05) is 12.4 Å². The van der Waals surface area contributed by atoms with Gasteiger partial charge in [-0.15, -0.1) is 0 Å². The first kappa shape index (κ1) is 22.6. The van der Waals surface area contributed by atoms with Gasteiger partial charge in [-0.05, 0) is 73.2 Å². The van der Waals surface area contributed by atoms with E-state index in [4.69, 9.17) is 16.3 Å². The van der Waals surface area contributed by atoms with Gasteiger partial charge >= 0.3 is 0 Å². The Bertz CT molecular complexity index is 1340. The summed E-state index contributed by atoms with van der Waals surface area (Å²) in [5, 5.41) is 4.30. The third kappa shape index (κ3) is 5.44. The van der Waals surface area contributed by atoms with E-state index < -0.39 is 0 Å². The molecule has 0 aliphatic carbocycles. The number of nitrogens with one attached hydrogen (secondary N) is 1. The Balaban J connectivity index is 1.66. The fourth-order valence-electron chi connectivity index (χ4n) is 3.79. The number of halogens is 1. The smallest absolute Gasteiger partial charge is 0.254 e. The molecule has 0 spiro atoms. The van der Waals surface area contributed by atoms with Gasteiger partial charge in [-0.2, -0.15) is 0 Å². The number of benzene rings is 3. The van der Waals surface area contributed by atoms with Gasteiger partial charge in [0.1, 0.15) is 12.3 Å². The molecule has 1 heterocycles. The number of rotatable bonds is 7. The molecule has 3 aromatic carbocycles. The number of aromatic nitrogens is 1. The second-order valence-corrected chi connectivity index (χ2v) is 8.46. The van der Waals surface area contributed by atoms with Crippen LogP contribution >= 0.6 is 11.6 Å². The zero-order valence-corrected chi connectivity index (χ0v) is 19.4. The fraction of sp³-hybridized carbons (Fsp3) is 0.185. The predicted octanol–water partition coefficient (Wildman–Crippen LogP) is 5.40. The molecule has 4 rings (SSSR count). The van der Waals surface area contributed by atoms with E-state index in [1.165, 1.54) is 15.7 Å². The first-order chi connectivity index (χ1) is 15.9. The van der Waals surface area contributed by atoms with Gasteiger partial charge in [-0.3, -0.25) is 14.2 Å². The van der Waals surface area contributed by atoms with Crippen LogP contribution in [0.25, 0.3) is 10.9 Å². The molecule has 0 fully saturated rings. The summed E-state index contributed by atoms with van der Waals surface area (Å²) < 4.78 is 6.87. The number of fused-ring (bicyclic) bond motifs is 1. The molecule has 0 saturated heterocycles. The number of hydrogen-bond acceptors (Lipinski definition) is 3. The van der Waals surface area contributed by atoms with Gasteiger partial charge in [0, 0.05) is 22.3 Å². The lowest BCUT2D eigenvalue weighted by molar-refractivity contribution is -0.116. The number of hydrogen-bond donors (Lipinski definition) is 1. The number of methoxy groups -OCH3 is 1. The Hall–Kier alpha value is -3.57. The van der Waals surface area contributed by atoms with Gasteiger partial charge < -0.3 is 10.1 Å². The Kier molecular flexibility index (Phi) is 6.80. The number of carbonyl (C=O) groups is 1. The van der Waals surface area contributed by atoms with Crippen molar-refractivity contribution >= 4 is 34.1 Å². The standard InChI is InChI=1S/C27H25ClN2O3/c1-18-3-5-19(6-4-18)7-8-21-15-20-9-14-24(33-2)16-25(20)30(27(21)32)17-26(31)29-23-12-10-22(28)11-13-23/h3-6,9-16H,7-8,17H2,1-2H3,(H,29,31). The first-order valence-corrected chi connectivity index (χ1v) is 11.1. The predicted molar refractivity (Wildman–Crippen MR) is 133 cm³/mol. The third-order valence-electron chi connectivity index (χ3n) is 5.61. The highest BCUT2D eigenvalue weighted by Gasteiger charge is 2.14. The average molecular weight is 461 g/mol. The van der Waals surface area contributed by atoms with Crippen molar-refractivity contribution in [1.29, 1.82) is 0 Å². The van der Waals surface area contributed by atoms with Gasteiger partial charge in [0.2, 0.25) is 5.91 Å². The van der Waals surface area contributed by atoms with E-state index in [0.717, 1.165) is 11.8 Å².